The molecule has 0 aromatic heterocycles. The van der Waals surface area contributed by atoms with Gasteiger partial charge >= 0.3 is 0 Å². The maximum Gasteiger partial charge on any atom is 0.289 e. The van der Waals surface area contributed by atoms with E-state index in [1.54, 1.807) is 24.3 Å². The second-order valence-electron chi connectivity index (χ2n) is 5.97. The smallest absolute Gasteiger partial charge is 0.289 e. The average Bonchev–Trinajstić information content (AvgIpc) is 2.94. The molecule has 0 saturated carbocycles. The Balaban J connectivity index is 2.04. The molecule has 0 radical (unpaired) electrons. The SMILES string of the molecule is CS(=O)(=O)c1ccc(N2CC(O)(C(F)F)N=C2c2ccc(Cl)cc2)cc1. The molecule has 1 atom stereocenters. The molecule has 0 bridgehead atoms. The lowest BCUT2D eigenvalue weighted by atomic mass is 10.1. The van der Waals surface area contributed by atoms with E-state index in [1.165, 1.54) is 29.2 Å². The number of rotatable bonds is 4. The lowest BCUT2D eigenvalue weighted by molar-refractivity contribution is -0.0775. The Morgan fingerprint density at radius 1 is 1.15 bits per heavy atom. The molecule has 0 saturated heterocycles. The molecule has 2 aromatic carbocycles. The second kappa shape index (κ2) is 6.61. The molecule has 0 spiro atoms. The summed E-state index contributed by atoms with van der Waals surface area (Å²) in [7, 11) is -3.38. The van der Waals surface area contributed by atoms with Crippen LogP contribution in [-0.4, -0.2) is 44.3 Å². The molecule has 138 valence electrons. The number of β-amino-alcohol motifs (C(OH)–C–C–N with tert-alkyl or cyclic N) is 1. The largest absolute Gasteiger partial charge is 0.363 e. The predicted octanol–water partition coefficient (Wildman–Crippen LogP) is 2.96. The van der Waals surface area contributed by atoms with Gasteiger partial charge in [-0.15, -0.1) is 0 Å². The van der Waals surface area contributed by atoms with Crippen molar-refractivity contribution in [1.29, 1.82) is 0 Å². The van der Waals surface area contributed by atoms with Crippen molar-refractivity contribution < 1.29 is 22.3 Å². The molecular weight excluding hydrogens is 386 g/mol. The lowest BCUT2D eigenvalue weighted by Crippen LogP contribution is -2.41. The second-order valence-corrected chi connectivity index (χ2v) is 8.43. The van der Waals surface area contributed by atoms with Crippen LogP contribution in [-0.2, 0) is 9.84 Å². The third kappa shape index (κ3) is 3.58. The Labute approximate surface area is 154 Å². The van der Waals surface area contributed by atoms with Gasteiger partial charge in [-0.25, -0.2) is 22.2 Å². The van der Waals surface area contributed by atoms with Crippen molar-refractivity contribution in [2.24, 2.45) is 4.99 Å². The highest BCUT2D eigenvalue weighted by atomic mass is 35.5. The molecule has 1 heterocycles. The van der Waals surface area contributed by atoms with Gasteiger partial charge in [0, 0.05) is 22.5 Å². The minimum Gasteiger partial charge on any atom is -0.363 e. The summed E-state index contributed by atoms with van der Waals surface area (Å²) in [5, 5.41) is 10.6. The number of benzene rings is 2. The van der Waals surface area contributed by atoms with Crippen LogP contribution in [0.2, 0.25) is 5.02 Å². The Morgan fingerprint density at radius 3 is 2.23 bits per heavy atom. The molecular formula is C17H15ClF2N2O3S. The van der Waals surface area contributed by atoms with Crippen LogP contribution in [0.3, 0.4) is 0 Å². The molecule has 0 aliphatic carbocycles. The van der Waals surface area contributed by atoms with Crippen LogP contribution in [0.5, 0.6) is 0 Å². The minimum absolute atomic E-state index is 0.106. The standard InChI is InChI=1S/C17H15ClF2N2O3S/c1-26(24,25)14-8-6-13(7-9-14)22-10-17(23,16(19)20)21-15(22)11-2-4-12(18)5-3-11/h2-9,16,23H,10H2,1H3. The van der Waals surface area contributed by atoms with Gasteiger partial charge in [0.25, 0.3) is 6.43 Å². The Hall–Kier alpha value is -2.03. The van der Waals surface area contributed by atoms with Crippen LogP contribution in [0.1, 0.15) is 5.56 Å². The van der Waals surface area contributed by atoms with E-state index >= 15 is 0 Å². The fourth-order valence-electron chi connectivity index (χ4n) is 2.61. The fourth-order valence-corrected chi connectivity index (χ4v) is 3.37. The summed E-state index contributed by atoms with van der Waals surface area (Å²) < 4.78 is 49.8. The number of amidine groups is 1. The van der Waals surface area contributed by atoms with Crippen LogP contribution in [0, 0.1) is 0 Å². The molecule has 5 nitrogen and oxygen atoms in total. The topological polar surface area (TPSA) is 70.0 Å². The van der Waals surface area contributed by atoms with Gasteiger partial charge < -0.3 is 10.0 Å². The van der Waals surface area contributed by atoms with Crippen molar-refractivity contribution in [3.05, 3.63) is 59.1 Å². The number of anilines is 1. The van der Waals surface area contributed by atoms with Gasteiger partial charge in [0.2, 0.25) is 5.72 Å². The quantitative estimate of drug-likeness (QED) is 0.856. The molecule has 1 aliphatic rings. The van der Waals surface area contributed by atoms with Gasteiger partial charge in [-0.05, 0) is 48.5 Å². The summed E-state index contributed by atoms with van der Waals surface area (Å²) in [5.41, 5.74) is -1.62. The first-order valence-corrected chi connectivity index (χ1v) is 9.81. The molecule has 1 aliphatic heterocycles. The van der Waals surface area contributed by atoms with E-state index in [0.717, 1.165) is 6.26 Å². The number of halogens is 3. The van der Waals surface area contributed by atoms with Crippen LogP contribution in [0.4, 0.5) is 14.5 Å². The van der Waals surface area contributed by atoms with Gasteiger partial charge in [-0.1, -0.05) is 11.6 Å². The number of nitrogens with zero attached hydrogens (tertiary/aromatic N) is 2. The van der Waals surface area contributed by atoms with Crippen molar-refractivity contribution in [1.82, 2.24) is 0 Å². The molecule has 0 fully saturated rings. The van der Waals surface area contributed by atoms with Crippen molar-refractivity contribution >= 4 is 33.0 Å². The van der Waals surface area contributed by atoms with Gasteiger partial charge in [0.05, 0.1) is 11.4 Å². The Bertz CT molecular complexity index is 947. The van der Waals surface area contributed by atoms with E-state index in [1.807, 2.05) is 0 Å². The number of alkyl halides is 2. The monoisotopic (exact) mass is 400 g/mol. The number of aliphatic hydroxyl groups is 1. The molecule has 3 rings (SSSR count). The molecule has 1 N–H and O–H groups in total. The lowest BCUT2D eigenvalue weighted by Gasteiger charge is -2.24. The molecule has 1 unspecified atom stereocenters. The number of hydrogen-bond acceptors (Lipinski definition) is 5. The van der Waals surface area contributed by atoms with Gasteiger partial charge in [0.1, 0.15) is 5.84 Å². The average molecular weight is 401 g/mol. The first-order chi connectivity index (χ1) is 12.1. The highest BCUT2D eigenvalue weighted by Gasteiger charge is 2.46. The Kier molecular flexibility index (Phi) is 4.76. The maximum atomic E-state index is 13.3. The van der Waals surface area contributed by atoms with E-state index in [2.05, 4.69) is 4.99 Å². The summed E-state index contributed by atoms with van der Waals surface area (Å²) in [6, 6.07) is 12.1. The highest BCUT2D eigenvalue weighted by molar-refractivity contribution is 7.90. The molecule has 2 aromatic rings. The fraction of sp³-hybridized carbons (Fsp3) is 0.235. The van der Waals surface area contributed by atoms with Gasteiger partial charge in [-0.3, -0.25) is 0 Å². The van der Waals surface area contributed by atoms with E-state index in [0.29, 0.717) is 16.3 Å². The first kappa shape index (κ1) is 18.8. The van der Waals surface area contributed by atoms with E-state index in [-0.39, 0.29) is 10.7 Å². The zero-order valence-corrected chi connectivity index (χ0v) is 15.2. The van der Waals surface area contributed by atoms with Crippen molar-refractivity contribution in [2.75, 3.05) is 17.7 Å². The third-order valence-corrected chi connectivity index (χ3v) is 5.35. The van der Waals surface area contributed by atoms with E-state index < -0.39 is 28.5 Å². The van der Waals surface area contributed by atoms with Gasteiger partial charge in [0.15, 0.2) is 9.84 Å². The zero-order chi connectivity index (χ0) is 19.1. The van der Waals surface area contributed by atoms with Crippen LogP contribution in [0.15, 0.2) is 58.4 Å². The summed E-state index contributed by atoms with van der Waals surface area (Å²) in [4.78, 5) is 5.36. The maximum absolute atomic E-state index is 13.3. The minimum atomic E-state index is -3.38. The van der Waals surface area contributed by atoms with E-state index in [4.69, 9.17) is 11.6 Å². The number of aliphatic imine (C=N–C) groups is 1. The number of sulfone groups is 1. The molecule has 9 heteroatoms. The summed E-state index contributed by atoms with van der Waals surface area (Å²) in [6.07, 6.45) is -2.00. The van der Waals surface area contributed by atoms with Crippen LogP contribution < -0.4 is 4.90 Å². The molecule has 0 amide bonds. The van der Waals surface area contributed by atoms with Crippen LogP contribution in [0.25, 0.3) is 0 Å². The van der Waals surface area contributed by atoms with Crippen molar-refractivity contribution in [3.8, 4) is 0 Å². The highest BCUT2D eigenvalue weighted by Crippen LogP contribution is 2.32. The first-order valence-electron chi connectivity index (χ1n) is 7.54. The summed E-state index contributed by atoms with van der Waals surface area (Å²) in [6.45, 7) is -0.457. The third-order valence-electron chi connectivity index (χ3n) is 3.97. The summed E-state index contributed by atoms with van der Waals surface area (Å²) >= 11 is 5.86. The predicted molar refractivity (Wildman–Crippen MR) is 95.8 cm³/mol. The Morgan fingerprint density at radius 2 is 1.73 bits per heavy atom. The summed E-state index contributed by atoms with van der Waals surface area (Å²) in [5.74, 6) is 0.150. The zero-order valence-electron chi connectivity index (χ0n) is 13.6. The van der Waals surface area contributed by atoms with Crippen LogP contribution >= 0.6 is 11.6 Å². The van der Waals surface area contributed by atoms with E-state index in [9.17, 15) is 22.3 Å². The van der Waals surface area contributed by atoms with Crippen molar-refractivity contribution in [2.45, 2.75) is 17.0 Å². The van der Waals surface area contributed by atoms with Gasteiger partial charge in [-0.2, -0.15) is 0 Å². The molecule has 26 heavy (non-hydrogen) atoms. The number of hydrogen-bond donors (Lipinski definition) is 1. The van der Waals surface area contributed by atoms with Crippen molar-refractivity contribution in [3.63, 3.8) is 0 Å². The normalized spacial score (nSPS) is 20.5.